The molecule has 0 saturated heterocycles. The minimum atomic E-state index is -3.73. The zero-order valence-corrected chi connectivity index (χ0v) is 14.2. The number of aliphatic carboxylic acids is 1. The molecular formula is C18H19NO4S. The van der Waals surface area contributed by atoms with E-state index in [2.05, 4.69) is 0 Å². The standard InChI is InChI=1S/C18H19NO4S/c1-13-5-4-7-16(11-13)24(22,23)19-10-9-15(18(20)21)12-14-6-2-3-8-17(14)19/h2-8,11,15H,9-10,12H2,1H3,(H,20,21). The Morgan fingerprint density at radius 1 is 1.17 bits per heavy atom. The van der Waals surface area contributed by atoms with Gasteiger partial charge in [0.25, 0.3) is 10.0 Å². The fraction of sp³-hybridized carbons (Fsp3) is 0.278. The summed E-state index contributed by atoms with van der Waals surface area (Å²) in [7, 11) is -3.73. The summed E-state index contributed by atoms with van der Waals surface area (Å²) in [5.74, 6) is -1.47. The third kappa shape index (κ3) is 3.01. The van der Waals surface area contributed by atoms with Crippen molar-refractivity contribution in [1.29, 1.82) is 0 Å². The predicted molar refractivity (Wildman–Crippen MR) is 91.6 cm³/mol. The maximum atomic E-state index is 13.1. The molecule has 0 bridgehead atoms. The Balaban J connectivity index is 2.09. The lowest BCUT2D eigenvalue weighted by molar-refractivity contribution is -0.141. The van der Waals surface area contributed by atoms with Crippen molar-refractivity contribution >= 4 is 21.7 Å². The van der Waals surface area contributed by atoms with E-state index < -0.39 is 21.9 Å². The van der Waals surface area contributed by atoms with Crippen molar-refractivity contribution in [2.45, 2.75) is 24.7 Å². The monoisotopic (exact) mass is 345 g/mol. The third-order valence-electron chi connectivity index (χ3n) is 4.33. The van der Waals surface area contributed by atoms with Gasteiger partial charge < -0.3 is 5.11 Å². The summed E-state index contributed by atoms with van der Waals surface area (Å²) in [6.07, 6.45) is 0.625. The number of sulfonamides is 1. The summed E-state index contributed by atoms with van der Waals surface area (Å²) in [6.45, 7) is 2.00. The molecule has 2 aromatic rings. The quantitative estimate of drug-likeness (QED) is 0.928. The van der Waals surface area contributed by atoms with E-state index in [4.69, 9.17) is 0 Å². The Morgan fingerprint density at radius 2 is 1.92 bits per heavy atom. The molecule has 5 nitrogen and oxygen atoms in total. The first-order chi connectivity index (χ1) is 11.4. The minimum absolute atomic E-state index is 0.157. The average molecular weight is 345 g/mol. The van der Waals surface area contributed by atoms with Crippen LogP contribution in [0.4, 0.5) is 5.69 Å². The molecular weight excluding hydrogens is 326 g/mol. The first kappa shape index (κ1) is 16.5. The van der Waals surface area contributed by atoms with Crippen LogP contribution in [0.2, 0.25) is 0 Å². The highest BCUT2D eigenvalue weighted by molar-refractivity contribution is 7.92. The number of para-hydroxylation sites is 1. The molecule has 1 heterocycles. The summed E-state index contributed by atoms with van der Waals surface area (Å²) in [6, 6.07) is 13.9. The van der Waals surface area contributed by atoms with Gasteiger partial charge in [-0.25, -0.2) is 8.42 Å². The van der Waals surface area contributed by atoms with E-state index in [1.54, 1.807) is 42.5 Å². The molecule has 1 atom stereocenters. The summed E-state index contributed by atoms with van der Waals surface area (Å²) in [5.41, 5.74) is 2.18. The Kier molecular flexibility index (Phi) is 4.32. The van der Waals surface area contributed by atoms with Gasteiger partial charge in [-0.1, -0.05) is 30.3 Å². The van der Waals surface area contributed by atoms with E-state index in [0.717, 1.165) is 11.1 Å². The van der Waals surface area contributed by atoms with Crippen LogP contribution in [0.3, 0.4) is 0 Å². The van der Waals surface area contributed by atoms with Crippen LogP contribution in [-0.2, 0) is 21.2 Å². The van der Waals surface area contributed by atoms with Crippen LogP contribution in [0.25, 0.3) is 0 Å². The van der Waals surface area contributed by atoms with Gasteiger partial charge in [-0.15, -0.1) is 0 Å². The number of aryl methyl sites for hydroxylation is 1. The van der Waals surface area contributed by atoms with Crippen molar-refractivity contribution in [2.24, 2.45) is 5.92 Å². The van der Waals surface area contributed by atoms with E-state index in [-0.39, 0.29) is 17.9 Å². The zero-order chi connectivity index (χ0) is 17.3. The second-order valence-corrected chi connectivity index (χ2v) is 7.91. The predicted octanol–water partition coefficient (Wildman–Crippen LogP) is 2.84. The Morgan fingerprint density at radius 3 is 2.62 bits per heavy atom. The van der Waals surface area contributed by atoms with Crippen LogP contribution in [0.1, 0.15) is 17.5 Å². The maximum absolute atomic E-state index is 13.1. The highest BCUT2D eigenvalue weighted by Gasteiger charge is 2.32. The SMILES string of the molecule is Cc1cccc(S(=O)(=O)N2CCC(C(=O)O)Cc3ccccc32)c1. The molecule has 0 aromatic heterocycles. The number of hydrogen-bond donors (Lipinski definition) is 1. The second kappa shape index (κ2) is 6.28. The molecule has 1 N–H and O–H groups in total. The Hall–Kier alpha value is -2.34. The number of carbonyl (C=O) groups is 1. The molecule has 3 rings (SSSR count). The molecule has 0 aliphatic carbocycles. The lowest BCUT2D eigenvalue weighted by Gasteiger charge is -2.24. The van der Waals surface area contributed by atoms with Crippen molar-refractivity contribution in [3.05, 3.63) is 59.7 Å². The lowest BCUT2D eigenvalue weighted by Crippen LogP contribution is -2.32. The molecule has 24 heavy (non-hydrogen) atoms. The molecule has 1 unspecified atom stereocenters. The average Bonchev–Trinajstić information content (AvgIpc) is 2.75. The molecule has 0 saturated carbocycles. The number of anilines is 1. The topological polar surface area (TPSA) is 74.7 Å². The first-order valence-electron chi connectivity index (χ1n) is 7.80. The van der Waals surface area contributed by atoms with E-state index in [0.29, 0.717) is 12.1 Å². The van der Waals surface area contributed by atoms with Gasteiger partial charge in [0.15, 0.2) is 0 Å². The number of carboxylic acid groups (broad SMARTS) is 1. The molecule has 1 aliphatic heterocycles. The normalized spacial score (nSPS) is 17.9. The van der Waals surface area contributed by atoms with Gasteiger partial charge in [0.05, 0.1) is 16.5 Å². The van der Waals surface area contributed by atoms with E-state index in [1.165, 1.54) is 4.31 Å². The summed E-state index contributed by atoms with van der Waals surface area (Å²) < 4.78 is 27.6. The van der Waals surface area contributed by atoms with Crippen LogP contribution < -0.4 is 4.31 Å². The lowest BCUT2D eigenvalue weighted by atomic mass is 9.97. The molecule has 1 aliphatic rings. The summed E-state index contributed by atoms with van der Waals surface area (Å²) in [5, 5.41) is 9.36. The maximum Gasteiger partial charge on any atom is 0.306 e. The largest absolute Gasteiger partial charge is 0.481 e. The number of hydrogen-bond acceptors (Lipinski definition) is 3. The fourth-order valence-electron chi connectivity index (χ4n) is 3.05. The van der Waals surface area contributed by atoms with Crippen molar-refractivity contribution < 1.29 is 18.3 Å². The van der Waals surface area contributed by atoms with Crippen molar-refractivity contribution in [3.63, 3.8) is 0 Å². The van der Waals surface area contributed by atoms with E-state index >= 15 is 0 Å². The van der Waals surface area contributed by atoms with Crippen LogP contribution in [0, 0.1) is 12.8 Å². The number of rotatable bonds is 3. The van der Waals surface area contributed by atoms with Gasteiger partial charge in [-0.05, 0) is 49.1 Å². The Bertz CT molecular complexity index is 876. The van der Waals surface area contributed by atoms with Gasteiger partial charge in [0.2, 0.25) is 0 Å². The highest BCUT2D eigenvalue weighted by Crippen LogP contribution is 2.33. The van der Waals surface area contributed by atoms with Crippen LogP contribution in [0.15, 0.2) is 53.4 Å². The van der Waals surface area contributed by atoms with Gasteiger partial charge in [-0.2, -0.15) is 0 Å². The number of benzene rings is 2. The van der Waals surface area contributed by atoms with Crippen LogP contribution >= 0.6 is 0 Å². The first-order valence-corrected chi connectivity index (χ1v) is 9.24. The van der Waals surface area contributed by atoms with Gasteiger partial charge >= 0.3 is 5.97 Å². The third-order valence-corrected chi connectivity index (χ3v) is 6.14. The number of fused-ring (bicyclic) bond motifs is 1. The van der Waals surface area contributed by atoms with E-state index in [9.17, 15) is 18.3 Å². The van der Waals surface area contributed by atoms with Gasteiger partial charge in [0.1, 0.15) is 0 Å². The number of carboxylic acids is 1. The highest BCUT2D eigenvalue weighted by atomic mass is 32.2. The zero-order valence-electron chi connectivity index (χ0n) is 13.3. The molecule has 0 radical (unpaired) electrons. The smallest absolute Gasteiger partial charge is 0.306 e. The summed E-state index contributed by atoms with van der Waals surface area (Å²) in [4.78, 5) is 11.6. The van der Waals surface area contributed by atoms with E-state index in [1.807, 2.05) is 13.0 Å². The second-order valence-electron chi connectivity index (χ2n) is 6.05. The number of nitrogens with zero attached hydrogens (tertiary/aromatic N) is 1. The van der Waals surface area contributed by atoms with Crippen molar-refractivity contribution in [1.82, 2.24) is 0 Å². The molecule has 0 amide bonds. The fourth-order valence-corrected chi connectivity index (χ4v) is 4.67. The van der Waals surface area contributed by atoms with Crippen LogP contribution in [-0.4, -0.2) is 26.0 Å². The van der Waals surface area contributed by atoms with Crippen molar-refractivity contribution in [3.8, 4) is 0 Å². The van der Waals surface area contributed by atoms with Crippen molar-refractivity contribution in [2.75, 3.05) is 10.8 Å². The molecule has 6 heteroatoms. The summed E-state index contributed by atoms with van der Waals surface area (Å²) >= 11 is 0. The molecule has 126 valence electrons. The molecule has 0 fully saturated rings. The molecule has 0 spiro atoms. The minimum Gasteiger partial charge on any atom is -0.481 e. The van der Waals surface area contributed by atoms with Gasteiger partial charge in [0, 0.05) is 6.54 Å². The molecule has 2 aromatic carbocycles. The van der Waals surface area contributed by atoms with Gasteiger partial charge in [-0.3, -0.25) is 9.10 Å². The van der Waals surface area contributed by atoms with Crippen LogP contribution in [0.5, 0.6) is 0 Å². The Labute approximate surface area is 141 Å².